The quantitative estimate of drug-likeness (QED) is 0.824. The van der Waals surface area contributed by atoms with Crippen molar-refractivity contribution in [3.8, 4) is 0 Å². The zero-order valence-corrected chi connectivity index (χ0v) is 13.5. The van der Waals surface area contributed by atoms with Gasteiger partial charge in [-0.05, 0) is 59.6 Å². The molecule has 0 saturated heterocycles. The van der Waals surface area contributed by atoms with E-state index in [1.807, 2.05) is 18.8 Å². The number of nitrogens with one attached hydrogen (secondary N) is 1. The number of hydrogen-bond acceptors (Lipinski definition) is 3. The predicted octanol–water partition coefficient (Wildman–Crippen LogP) is 2.37. The van der Waals surface area contributed by atoms with Crippen LogP contribution < -0.4 is 5.32 Å². The lowest BCUT2D eigenvalue weighted by Gasteiger charge is -2.26. The number of hydrogen-bond donors (Lipinski definition) is 1. The Kier molecular flexibility index (Phi) is 5.56. The highest BCUT2D eigenvalue weighted by atomic mass is 16.5. The van der Waals surface area contributed by atoms with Gasteiger partial charge in [-0.3, -0.25) is 4.68 Å². The first-order chi connectivity index (χ1) is 8.80. The van der Waals surface area contributed by atoms with Crippen molar-refractivity contribution in [1.29, 1.82) is 0 Å². The summed E-state index contributed by atoms with van der Waals surface area (Å²) < 4.78 is 7.46. The summed E-state index contributed by atoms with van der Waals surface area (Å²) in [6.45, 7) is 8.51. The van der Waals surface area contributed by atoms with E-state index in [0.29, 0.717) is 6.04 Å². The third-order valence-corrected chi connectivity index (χ3v) is 4.17. The van der Waals surface area contributed by atoms with Crippen LogP contribution in [0.15, 0.2) is 0 Å². The van der Waals surface area contributed by atoms with E-state index in [2.05, 4.69) is 38.1 Å². The highest BCUT2D eigenvalue weighted by Gasteiger charge is 2.20. The Bertz CT molecular complexity index is 410. The van der Waals surface area contributed by atoms with Crippen LogP contribution in [-0.2, 0) is 18.2 Å². The van der Waals surface area contributed by atoms with Gasteiger partial charge in [0.2, 0.25) is 0 Å². The fraction of sp³-hybridized carbons (Fsp3) is 0.800. The zero-order valence-electron chi connectivity index (χ0n) is 13.5. The van der Waals surface area contributed by atoms with Crippen molar-refractivity contribution in [2.45, 2.75) is 58.6 Å². The van der Waals surface area contributed by atoms with Gasteiger partial charge in [-0.25, -0.2) is 0 Å². The lowest BCUT2D eigenvalue weighted by atomic mass is 9.94. The Morgan fingerprint density at radius 3 is 2.42 bits per heavy atom. The lowest BCUT2D eigenvalue weighted by molar-refractivity contribution is 0.0119. The molecule has 4 heteroatoms. The summed E-state index contributed by atoms with van der Waals surface area (Å²) in [5.41, 5.74) is 3.74. The Balaban J connectivity index is 2.67. The molecule has 4 nitrogen and oxygen atoms in total. The molecule has 0 saturated carbocycles. The van der Waals surface area contributed by atoms with E-state index >= 15 is 0 Å². The van der Waals surface area contributed by atoms with Gasteiger partial charge in [-0.1, -0.05) is 0 Å². The third-order valence-electron chi connectivity index (χ3n) is 4.17. The number of methoxy groups -OCH3 is 1. The maximum absolute atomic E-state index is 5.49. The molecule has 0 aliphatic rings. The largest absolute Gasteiger partial charge is 0.379 e. The molecular formula is C15H29N3O. The fourth-order valence-corrected chi connectivity index (χ4v) is 2.33. The maximum atomic E-state index is 5.49. The molecule has 110 valence electrons. The first kappa shape index (κ1) is 16.2. The molecule has 1 heterocycles. The van der Waals surface area contributed by atoms with Gasteiger partial charge in [0.05, 0.1) is 11.3 Å². The van der Waals surface area contributed by atoms with Crippen molar-refractivity contribution in [3.05, 3.63) is 17.0 Å². The fourth-order valence-electron chi connectivity index (χ4n) is 2.33. The van der Waals surface area contributed by atoms with Gasteiger partial charge in [-0.15, -0.1) is 0 Å². The molecule has 1 N–H and O–H groups in total. The Morgan fingerprint density at radius 2 is 2.00 bits per heavy atom. The second-order valence-corrected chi connectivity index (χ2v) is 5.97. The van der Waals surface area contributed by atoms with Crippen LogP contribution in [0.4, 0.5) is 0 Å². The van der Waals surface area contributed by atoms with Crippen LogP contribution in [0, 0.1) is 13.8 Å². The average Bonchev–Trinajstić information content (AvgIpc) is 2.60. The van der Waals surface area contributed by atoms with Gasteiger partial charge in [0, 0.05) is 25.9 Å². The van der Waals surface area contributed by atoms with Crippen molar-refractivity contribution < 1.29 is 4.74 Å². The minimum absolute atomic E-state index is 0.0475. The summed E-state index contributed by atoms with van der Waals surface area (Å²) >= 11 is 0. The first-order valence-electron chi connectivity index (χ1n) is 7.02. The molecule has 0 spiro atoms. The molecule has 0 aromatic carbocycles. The standard InChI is InChI=1S/C15H29N3O/c1-11-14(12(2)18(6)17-11)10-13(16-5)8-9-15(3,4)19-7/h13,16H,8-10H2,1-7H3. The Morgan fingerprint density at radius 1 is 1.37 bits per heavy atom. The molecule has 1 rings (SSSR count). The average molecular weight is 267 g/mol. The predicted molar refractivity (Wildman–Crippen MR) is 79.6 cm³/mol. The molecule has 0 fully saturated rings. The normalized spacial score (nSPS) is 13.8. The number of aromatic nitrogens is 2. The smallest absolute Gasteiger partial charge is 0.0628 e. The number of nitrogens with zero attached hydrogens (tertiary/aromatic N) is 2. The van der Waals surface area contributed by atoms with Crippen LogP contribution in [0.2, 0.25) is 0 Å². The number of rotatable bonds is 7. The van der Waals surface area contributed by atoms with E-state index in [-0.39, 0.29) is 5.60 Å². The first-order valence-corrected chi connectivity index (χ1v) is 7.02. The summed E-state index contributed by atoms with van der Waals surface area (Å²) in [6.07, 6.45) is 3.18. The second-order valence-electron chi connectivity index (χ2n) is 5.97. The Hall–Kier alpha value is -0.870. The summed E-state index contributed by atoms with van der Waals surface area (Å²) in [6, 6.07) is 0.469. The Labute approximate surface area is 117 Å². The summed E-state index contributed by atoms with van der Waals surface area (Å²) in [5, 5.41) is 7.91. The molecule has 0 radical (unpaired) electrons. The lowest BCUT2D eigenvalue weighted by Crippen LogP contribution is -2.32. The summed E-state index contributed by atoms with van der Waals surface area (Å²) in [4.78, 5) is 0. The molecular weight excluding hydrogens is 238 g/mol. The van der Waals surface area contributed by atoms with Gasteiger partial charge >= 0.3 is 0 Å². The van der Waals surface area contributed by atoms with Crippen molar-refractivity contribution in [1.82, 2.24) is 15.1 Å². The van der Waals surface area contributed by atoms with Gasteiger partial charge in [-0.2, -0.15) is 5.10 Å². The maximum Gasteiger partial charge on any atom is 0.0628 e. The SMILES string of the molecule is CNC(CCC(C)(C)OC)Cc1c(C)nn(C)c1C. The zero-order chi connectivity index (χ0) is 14.6. The minimum Gasteiger partial charge on any atom is -0.379 e. The van der Waals surface area contributed by atoms with E-state index in [1.165, 1.54) is 11.3 Å². The highest BCUT2D eigenvalue weighted by molar-refractivity contribution is 5.25. The van der Waals surface area contributed by atoms with Crippen LogP contribution in [0.3, 0.4) is 0 Å². The summed E-state index contributed by atoms with van der Waals surface area (Å²) in [7, 11) is 5.82. The van der Waals surface area contributed by atoms with Crippen molar-refractivity contribution in [3.63, 3.8) is 0 Å². The van der Waals surface area contributed by atoms with Crippen LogP contribution in [0.25, 0.3) is 0 Å². The molecule has 19 heavy (non-hydrogen) atoms. The van der Waals surface area contributed by atoms with Crippen molar-refractivity contribution in [2.24, 2.45) is 7.05 Å². The summed E-state index contributed by atoms with van der Waals surface area (Å²) in [5.74, 6) is 0. The van der Waals surface area contributed by atoms with Crippen LogP contribution >= 0.6 is 0 Å². The number of likely N-dealkylation sites (N-methyl/N-ethyl adjacent to an activating group) is 1. The molecule has 0 amide bonds. The van der Waals surface area contributed by atoms with E-state index in [1.54, 1.807) is 7.11 Å². The van der Waals surface area contributed by atoms with Crippen molar-refractivity contribution >= 4 is 0 Å². The number of aryl methyl sites for hydroxylation is 2. The molecule has 1 unspecified atom stereocenters. The molecule has 1 aromatic heterocycles. The van der Waals surface area contributed by atoms with Gasteiger partial charge in [0.1, 0.15) is 0 Å². The number of ether oxygens (including phenoxy) is 1. The third kappa shape index (κ3) is 4.32. The van der Waals surface area contributed by atoms with Gasteiger partial charge in [0.25, 0.3) is 0 Å². The van der Waals surface area contributed by atoms with Gasteiger partial charge < -0.3 is 10.1 Å². The van der Waals surface area contributed by atoms with Crippen LogP contribution in [-0.4, -0.2) is 35.6 Å². The molecule has 1 aromatic rings. The van der Waals surface area contributed by atoms with Gasteiger partial charge in [0.15, 0.2) is 0 Å². The molecule has 1 atom stereocenters. The van der Waals surface area contributed by atoms with E-state index in [9.17, 15) is 0 Å². The molecule has 0 aliphatic heterocycles. The van der Waals surface area contributed by atoms with E-state index < -0.39 is 0 Å². The minimum atomic E-state index is -0.0475. The highest BCUT2D eigenvalue weighted by Crippen LogP contribution is 2.20. The topological polar surface area (TPSA) is 39.1 Å². The second kappa shape index (κ2) is 6.53. The monoisotopic (exact) mass is 267 g/mol. The van der Waals surface area contributed by atoms with E-state index in [4.69, 9.17) is 4.74 Å². The van der Waals surface area contributed by atoms with E-state index in [0.717, 1.165) is 25.0 Å². The van der Waals surface area contributed by atoms with Crippen LogP contribution in [0.5, 0.6) is 0 Å². The van der Waals surface area contributed by atoms with Crippen molar-refractivity contribution in [2.75, 3.05) is 14.2 Å². The molecule has 0 bridgehead atoms. The molecule has 0 aliphatic carbocycles. The van der Waals surface area contributed by atoms with Crippen LogP contribution in [0.1, 0.15) is 43.6 Å².